The molecule has 3 rings (SSSR count). The number of esters is 1. The number of thiophene rings is 1. The molecule has 0 saturated carbocycles. The third-order valence-corrected chi connectivity index (χ3v) is 5.52. The van der Waals surface area contributed by atoms with E-state index in [-0.39, 0.29) is 11.7 Å². The van der Waals surface area contributed by atoms with Crippen LogP contribution in [0.25, 0.3) is 0 Å². The lowest BCUT2D eigenvalue weighted by molar-refractivity contribution is 0.0378. The lowest BCUT2D eigenvalue weighted by atomic mass is 10.1. The first-order chi connectivity index (χ1) is 12.5. The minimum absolute atomic E-state index is 0.0423. The standard InChI is InChI=1S/C20H22FNO3S/c1-12(2)25-20(24)17-14-9-4-3-5-11-16(14)26-19(17)22-18(23)13-8-6-7-10-15(13)21/h6-8,10,12H,3-5,9,11H2,1-2H3,(H,22,23). The number of hydrogen-bond acceptors (Lipinski definition) is 4. The summed E-state index contributed by atoms with van der Waals surface area (Å²) in [4.78, 5) is 26.3. The van der Waals surface area contributed by atoms with E-state index in [9.17, 15) is 14.0 Å². The molecule has 138 valence electrons. The second-order valence-corrected chi connectivity index (χ2v) is 7.76. The number of amides is 1. The van der Waals surface area contributed by atoms with Crippen molar-refractivity contribution in [2.75, 3.05) is 5.32 Å². The van der Waals surface area contributed by atoms with Crippen LogP contribution in [-0.4, -0.2) is 18.0 Å². The summed E-state index contributed by atoms with van der Waals surface area (Å²) in [5.41, 5.74) is 1.37. The first-order valence-electron chi connectivity index (χ1n) is 8.88. The van der Waals surface area contributed by atoms with E-state index in [4.69, 9.17) is 4.74 Å². The normalized spacial score (nSPS) is 13.8. The Morgan fingerprint density at radius 3 is 2.62 bits per heavy atom. The molecular formula is C20H22FNO3S. The van der Waals surface area contributed by atoms with Crippen molar-refractivity contribution in [1.29, 1.82) is 0 Å². The zero-order valence-electron chi connectivity index (χ0n) is 14.9. The summed E-state index contributed by atoms with van der Waals surface area (Å²) < 4.78 is 19.3. The fourth-order valence-corrected chi connectivity index (χ4v) is 4.41. The lowest BCUT2D eigenvalue weighted by Gasteiger charge is -2.11. The molecule has 0 atom stereocenters. The van der Waals surface area contributed by atoms with Crippen LogP contribution in [0.3, 0.4) is 0 Å². The molecule has 1 N–H and O–H groups in total. The van der Waals surface area contributed by atoms with Gasteiger partial charge in [0.25, 0.3) is 5.91 Å². The van der Waals surface area contributed by atoms with E-state index in [1.165, 1.54) is 29.5 Å². The van der Waals surface area contributed by atoms with Gasteiger partial charge in [0, 0.05) is 4.88 Å². The number of benzene rings is 1. The number of nitrogens with one attached hydrogen (secondary N) is 1. The monoisotopic (exact) mass is 375 g/mol. The average molecular weight is 375 g/mol. The van der Waals surface area contributed by atoms with Crippen molar-refractivity contribution in [3.63, 3.8) is 0 Å². The Balaban J connectivity index is 1.96. The topological polar surface area (TPSA) is 55.4 Å². The summed E-state index contributed by atoms with van der Waals surface area (Å²) in [7, 11) is 0. The predicted octanol–water partition coefficient (Wildman–Crippen LogP) is 4.97. The van der Waals surface area contributed by atoms with Gasteiger partial charge in [0.15, 0.2) is 0 Å². The van der Waals surface area contributed by atoms with Crippen molar-refractivity contribution >= 4 is 28.2 Å². The van der Waals surface area contributed by atoms with Crippen LogP contribution < -0.4 is 5.32 Å². The molecule has 0 radical (unpaired) electrons. The highest BCUT2D eigenvalue weighted by atomic mass is 32.1. The van der Waals surface area contributed by atoms with Crippen molar-refractivity contribution in [1.82, 2.24) is 0 Å². The molecule has 0 aliphatic heterocycles. The molecule has 0 fully saturated rings. The number of rotatable bonds is 4. The zero-order valence-corrected chi connectivity index (χ0v) is 15.7. The Kier molecular flexibility index (Phi) is 5.71. The highest BCUT2D eigenvalue weighted by molar-refractivity contribution is 7.17. The Labute approximate surface area is 156 Å². The van der Waals surface area contributed by atoms with Gasteiger partial charge >= 0.3 is 5.97 Å². The van der Waals surface area contributed by atoms with Crippen molar-refractivity contribution in [3.8, 4) is 0 Å². The maximum atomic E-state index is 13.9. The maximum absolute atomic E-state index is 13.9. The number of carbonyl (C=O) groups is 2. The molecule has 4 nitrogen and oxygen atoms in total. The fourth-order valence-electron chi connectivity index (χ4n) is 3.14. The molecule has 1 aromatic heterocycles. The quantitative estimate of drug-likeness (QED) is 0.606. The Morgan fingerprint density at radius 1 is 1.15 bits per heavy atom. The molecule has 1 aliphatic carbocycles. The van der Waals surface area contributed by atoms with Crippen LogP contribution in [0.15, 0.2) is 24.3 Å². The molecule has 0 bridgehead atoms. The first-order valence-corrected chi connectivity index (χ1v) is 9.70. The van der Waals surface area contributed by atoms with Crippen LogP contribution >= 0.6 is 11.3 Å². The molecule has 1 amide bonds. The summed E-state index contributed by atoms with van der Waals surface area (Å²) >= 11 is 1.40. The molecule has 1 aromatic carbocycles. The molecule has 2 aromatic rings. The smallest absolute Gasteiger partial charge is 0.341 e. The number of halogens is 1. The average Bonchev–Trinajstić information content (AvgIpc) is 2.75. The third kappa shape index (κ3) is 3.96. The summed E-state index contributed by atoms with van der Waals surface area (Å²) in [6.07, 6.45) is 4.62. The molecule has 0 unspecified atom stereocenters. The summed E-state index contributed by atoms with van der Waals surface area (Å²) in [5, 5.41) is 3.19. The van der Waals surface area contributed by atoms with E-state index in [1.54, 1.807) is 19.9 Å². The second-order valence-electron chi connectivity index (χ2n) is 6.66. The van der Waals surface area contributed by atoms with Crippen LogP contribution in [0.4, 0.5) is 9.39 Å². The lowest BCUT2D eigenvalue weighted by Crippen LogP contribution is -2.18. The number of hydrogen-bond donors (Lipinski definition) is 1. The van der Waals surface area contributed by atoms with Crippen LogP contribution in [0.2, 0.25) is 0 Å². The van der Waals surface area contributed by atoms with Gasteiger partial charge in [0.2, 0.25) is 0 Å². The van der Waals surface area contributed by atoms with E-state index in [0.29, 0.717) is 10.6 Å². The van der Waals surface area contributed by atoms with Gasteiger partial charge in [-0.3, -0.25) is 4.79 Å². The van der Waals surface area contributed by atoms with Crippen LogP contribution in [-0.2, 0) is 17.6 Å². The predicted molar refractivity (Wildman–Crippen MR) is 100 cm³/mol. The van der Waals surface area contributed by atoms with E-state index in [2.05, 4.69) is 5.32 Å². The molecule has 0 spiro atoms. The molecule has 0 saturated heterocycles. The van der Waals surface area contributed by atoms with E-state index >= 15 is 0 Å². The van der Waals surface area contributed by atoms with Gasteiger partial charge in [0.05, 0.1) is 17.2 Å². The number of anilines is 1. The molecular weight excluding hydrogens is 353 g/mol. The van der Waals surface area contributed by atoms with E-state index < -0.39 is 17.7 Å². The highest BCUT2D eigenvalue weighted by Crippen LogP contribution is 2.38. The Morgan fingerprint density at radius 2 is 1.88 bits per heavy atom. The molecule has 1 heterocycles. The van der Waals surface area contributed by atoms with Gasteiger partial charge in [-0.25, -0.2) is 9.18 Å². The summed E-state index contributed by atoms with van der Waals surface area (Å²) in [6.45, 7) is 3.58. The van der Waals surface area contributed by atoms with E-state index in [1.807, 2.05) is 0 Å². The van der Waals surface area contributed by atoms with Crippen molar-refractivity contribution in [3.05, 3.63) is 51.7 Å². The van der Waals surface area contributed by atoms with Crippen LogP contribution in [0.5, 0.6) is 0 Å². The minimum atomic E-state index is -0.588. The van der Waals surface area contributed by atoms with Crippen molar-refractivity contribution in [2.24, 2.45) is 0 Å². The molecule has 1 aliphatic rings. The third-order valence-electron chi connectivity index (χ3n) is 4.31. The Bertz CT molecular complexity index is 828. The summed E-state index contributed by atoms with van der Waals surface area (Å²) in [6, 6.07) is 5.81. The van der Waals surface area contributed by atoms with Gasteiger partial charge < -0.3 is 10.1 Å². The molecule has 6 heteroatoms. The van der Waals surface area contributed by atoms with Gasteiger partial charge in [0.1, 0.15) is 10.8 Å². The second kappa shape index (κ2) is 7.99. The number of ether oxygens (including phenoxy) is 1. The fraction of sp³-hybridized carbons (Fsp3) is 0.400. The number of carbonyl (C=O) groups excluding carboxylic acids is 2. The van der Waals surface area contributed by atoms with Gasteiger partial charge in [-0.05, 0) is 57.2 Å². The molecule has 26 heavy (non-hydrogen) atoms. The minimum Gasteiger partial charge on any atom is -0.459 e. The van der Waals surface area contributed by atoms with Crippen LogP contribution in [0, 0.1) is 5.82 Å². The summed E-state index contributed by atoms with van der Waals surface area (Å²) in [5.74, 6) is -1.57. The SMILES string of the molecule is CC(C)OC(=O)c1c(NC(=O)c2ccccc2F)sc2c1CCCCC2. The number of aryl methyl sites for hydroxylation is 1. The van der Waals surface area contributed by atoms with Crippen molar-refractivity contribution in [2.45, 2.75) is 52.1 Å². The van der Waals surface area contributed by atoms with Gasteiger partial charge in [-0.2, -0.15) is 0 Å². The zero-order chi connectivity index (χ0) is 18.7. The van der Waals surface area contributed by atoms with E-state index in [0.717, 1.165) is 42.5 Å². The number of fused-ring (bicyclic) bond motifs is 1. The largest absolute Gasteiger partial charge is 0.459 e. The van der Waals surface area contributed by atoms with Crippen molar-refractivity contribution < 1.29 is 18.7 Å². The maximum Gasteiger partial charge on any atom is 0.341 e. The van der Waals surface area contributed by atoms with Crippen LogP contribution in [0.1, 0.15) is 64.3 Å². The first kappa shape index (κ1) is 18.6. The Hall–Kier alpha value is -2.21. The highest BCUT2D eigenvalue weighted by Gasteiger charge is 2.27. The van der Waals surface area contributed by atoms with Gasteiger partial charge in [-0.15, -0.1) is 11.3 Å². The van der Waals surface area contributed by atoms with Gasteiger partial charge in [-0.1, -0.05) is 18.6 Å².